The number of aromatic nitrogens is 2. The molecular weight excluding hydrogens is 292 g/mol. The van der Waals surface area contributed by atoms with Gasteiger partial charge in [-0.3, -0.25) is 4.90 Å². The van der Waals surface area contributed by atoms with Crippen LogP contribution in [0.5, 0.6) is 5.75 Å². The van der Waals surface area contributed by atoms with Crippen LogP contribution in [-0.4, -0.2) is 48.3 Å². The average Bonchev–Trinajstić information content (AvgIpc) is 3.04. The van der Waals surface area contributed by atoms with E-state index >= 15 is 0 Å². The van der Waals surface area contributed by atoms with Crippen molar-refractivity contribution in [1.82, 2.24) is 15.0 Å². The number of nitrogens with zero attached hydrogens (tertiary/aromatic N) is 4. The van der Waals surface area contributed by atoms with Gasteiger partial charge in [-0.1, -0.05) is 25.1 Å². The Kier molecular flexibility index (Phi) is 4.81. The van der Waals surface area contributed by atoms with Crippen LogP contribution < -0.4 is 9.64 Å². The van der Waals surface area contributed by atoms with Crippen molar-refractivity contribution in [2.75, 3.05) is 38.2 Å². The summed E-state index contributed by atoms with van der Waals surface area (Å²) < 4.78 is 10.6. The minimum atomic E-state index is 0.303. The summed E-state index contributed by atoms with van der Waals surface area (Å²) >= 11 is 0. The third-order valence-corrected chi connectivity index (χ3v) is 4.15. The number of methoxy groups -OCH3 is 1. The molecule has 0 spiro atoms. The van der Waals surface area contributed by atoms with Gasteiger partial charge in [0, 0.05) is 43.9 Å². The van der Waals surface area contributed by atoms with Gasteiger partial charge >= 0.3 is 0 Å². The van der Waals surface area contributed by atoms with E-state index in [0.717, 1.165) is 44.3 Å². The standard InChI is InChI=1S/C17H24N4O2/c1-13(2)17-18-16(23-19-17)12-20-7-9-21(10-8-20)14-5-4-6-15(11-14)22-3/h4-6,11,13H,7-10,12H2,1-3H3. The quantitative estimate of drug-likeness (QED) is 0.845. The van der Waals surface area contributed by atoms with E-state index in [4.69, 9.17) is 9.26 Å². The third kappa shape index (κ3) is 3.82. The lowest BCUT2D eigenvalue weighted by Crippen LogP contribution is -2.46. The second-order valence-electron chi connectivity index (χ2n) is 6.17. The van der Waals surface area contributed by atoms with Crippen molar-refractivity contribution in [2.45, 2.75) is 26.3 Å². The number of hydrogen-bond acceptors (Lipinski definition) is 6. The summed E-state index contributed by atoms with van der Waals surface area (Å²) in [5, 5.41) is 4.03. The number of benzene rings is 1. The average molecular weight is 316 g/mol. The lowest BCUT2D eigenvalue weighted by Gasteiger charge is -2.35. The maximum Gasteiger partial charge on any atom is 0.240 e. The van der Waals surface area contributed by atoms with Gasteiger partial charge in [0.2, 0.25) is 5.89 Å². The molecule has 2 aromatic rings. The second-order valence-corrected chi connectivity index (χ2v) is 6.17. The Labute approximate surface area is 137 Å². The summed E-state index contributed by atoms with van der Waals surface area (Å²) in [6.45, 7) is 8.80. The van der Waals surface area contributed by atoms with E-state index < -0.39 is 0 Å². The summed E-state index contributed by atoms with van der Waals surface area (Å²) in [5.74, 6) is 2.70. The van der Waals surface area contributed by atoms with Crippen molar-refractivity contribution in [3.8, 4) is 5.75 Å². The van der Waals surface area contributed by atoms with Crippen LogP contribution >= 0.6 is 0 Å². The first-order valence-electron chi connectivity index (χ1n) is 8.09. The Balaban J connectivity index is 1.55. The van der Waals surface area contributed by atoms with E-state index in [1.54, 1.807) is 7.11 Å². The molecule has 0 atom stereocenters. The van der Waals surface area contributed by atoms with Crippen LogP contribution in [-0.2, 0) is 6.54 Å². The molecule has 1 saturated heterocycles. The molecule has 23 heavy (non-hydrogen) atoms. The van der Waals surface area contributed by atoms with Crippen molar-refractivity contribution < 1.29 is 9.26 Å². The fourth-order valence-corrected chi connectivity index (χ4v) is 2.73. The molecule has 0 bridgehead atoms. The van der Waals surface area contributed by atoms with Crippen molar-refractivity contribution >= 4 is 5.69 Å². The number of ether oxygens (including phenoxy) is 1. The molecule has 3 rings (SSSR count). The minimum Gasteiger partial charge on any atom is -0.497 e. The monoisotopic (exact) mass is 316 g/mol. The highest BCUT2D eigenvalue weighted by Gasteiger charge is 2.20. The highest BCUT2D eigenvalue weighted by atomic mass is 16.5. The van der Waals surface area contributed by atoms with Crippen LogP contribution in [0.2, 0.25) is 0 Å². The molecule has 0 unspecified atom stereocenters. The van der Waals surface area contributed by atoms with E-state index in [9.17, 15) is 0 Å². The molecule has 1 fully saturated rings. The van der Waals surface area contributed by atoms with Gasteiger partial charge in [0.15, 0.2) is 5.82 Å². The SMILES string of the molecule is COc1cccc(N2CCN(Cc3nc(C(C)C)no3)CC2)c1. The number of piperazine rings is 1. The molecule has 1 aromatic heterocycles. The van der Waals surface area contributed by atoms with Crippen LogP contribution in [0, 0.1) is 0 Å². The van der Waals surface area contributed by atoms with Gasteiger partial charge in [0.1, 0.15) is 5.75 Å². The number of hydrogen-bond donors (Lipinski definition) is 0. The molecule has 0 amide bonds. The first-order chi connectivity index (χ1) is 11.2. The smallest absolute Gasteiger partial charge is 0.240 e. The molecule has 0 aliphatic carbocycles. The Morgan fingerprint density at radius 3 is 2.65 bits per heavy atom. The first-order valence-corrected chi connectivity index (χ1v) is 8.09. The largest absolute Gasteiger partial charge is 0.497 e. The molecule has 1 aliphatic rings. The molecule has 0 saturated carbocycles. The molecule has 2 heterocycles. The topological polar surface area (TPSA) is 54.6 Å². The maximum absolute atomic E-state index is 5.34. The lowest BCUT2D eigenvalue weighted by atomic mass is 10.2. The predicted molar refractivity (Wildman–Crippen MR) is 88.9 cm³/mol. The van der Waals surface area contributed by atoms with E-state index in [0.29, 0.717) is 11.8 Å². The van der Waals surface area contributed by atoms with Crippen LogP contribution in [0.15, 0.2) is 28.8 Å². The molecule has 0 radical (unpaired) electrons. The van der Waals surface area contributed by atoms with Crippen LogP contribution in [0.3, 0.4) is 0 Å². The zero-order valence-electron chi connectivity index (χ0n) is 14.0. The lowest BCUT2D eigenvalue weighted by molar-refractivity contribution is 0.215. The van der Waals surface area contributed by atoms with Gasteiger partial charge in [-0.25, -0.2) is 0 Å². The van der Waals surface area contributed by atoms with Crippen LogP contribution in [0.4, 0.5) is 5.69 Å². The summed E-state index contributed by atoms with van der Waals surface area (Å²) in [7, 11) is 1.70. The normalized spacial score (nSPS) is 16.1. The maximum atomic E-state index is 5.34. The van der Waals surface area contributed by atoms with Gasteiger partial charge in [-0.2, -0.15) is 4.98 Å². The predicted octanol–water partition coefficient (Wildman–Crippen LogP) is 2.52. The Bertz CT molecular complexity index is 633. The summed E-state index contributed by atoms with van der Waals surface area (Å²) in [6, 6.07) is 8.22. The summed E-state index contributed by atoms with van der Waals surface area (Å²) in [4.78, 5) is 9.19. The van der Waals surface area contributed by atoms with Crippen molar-refractivity contribution in [3.63, 3.8) is 0 Å². The van der Waals surface area contributed by atoms with Gasteiger partial charge in [0.05, 0.1) is 13.7 Å². The zero-order chi connectivity index (χ0) is 16.2. The molecule has 1 aliphatic heterocycles. The van der Waals surface area contributed by atoms with E-state index in [-0.39, 0.29) is 0 Å². The van der Waals surface area contributed by atoms with Gasteiger partial charge < -0.3 is 14.2 Å². The summed E-state index contributed by atoms with van der Waals surface area (Å²) in [5.41, 5.74) is 1.21. The zero-order valence-corrected chi connectivity index (χ0v) is 14.0. The summed E-state index contributed by atoms with van der Waals surface area (Å²) in [6.07, 6.45) is 0. The molecule has 124 valence electrons. The van der Waals surface area contributed by atoms with Gasteiger partial charge in [0.25, 0.3) is 0 Å². The Morgan fingerprint density at radius 2 is 2.00 bits per heavy atom. The number of rotatable bonds is 5. The van der Waals surface area contributed by atoms with E-state index in [2.05, 4.69) is 45.9 Å². The highest BCUT2D eigenvalue weighted by Crippen LogP contribution is 2.22. The van der Waals surface area contributed by atoms with Crippen LogP contribution in [0.1, 0.15) is 31.5 Å². The molecule has 6 nitrogen and oxygen atoms in total. The minimum absolute atomic E-state index is 0.303. The first kappa shape index (κ1) is 15.8. The van der Waals surface area contributed by atoms with E-state index in [1.165, 1.54) is 5.69 Å². The van der Waals surface area contributed by atoms with Gasteiger partial charge in [-0.05, 0) is 12.1 Å². The van der Waals surface area contributed by atoms with Crippen molar-refractivity contribution in [1.29, 1.82) is 0 Å². The third-order valence-electron chi connectivity index (χ3n) is 4.15. The Hall–Kier alpha value is -2.08. The fourth-order valence-electron chi connectivity index (χ4n) is 2.73. The van der Waals surface area contributed by atoms with Crippen molar-refractivity contribution in [3.05, 3.63) is 36.0 Å². The second kappa shape index (κ2) is 7.00. The van der Waals surface area contributed by atoms with Crippen LogP contribution in [0.25, 0.3) is 0 Å². The van der Waals surface area contributed by atoms with Crippen molar-refractivity contribution in [2.24, 2.45) is 0 Å². The molecule has 0 N–H and O–H groups in total. The number of anilines is 1. The highest BCUT2D eigenvalue weighted by molar-refractivity contribution is 5.51. The van der Waals surface area contributed by atoms with Gasteiger partial charge in [-0.15, -0.1) is 0 Å². The molecular formula is C17H24N4O2. The molecule has 6 heteroatoms. The molecule has 1 aromatic carbocycles. The fraction of sp³-hybridized carbons (Fsp3) is 0.529. The Morgan fingerprint density at radius 1 is 1.22 bits per heavy atom. The van der Waals surface area contributed by atoms with E-state index in [1.807, 2.05) is 12.1 Å².